The highest BCUT2D eigenvalue weighted by Gasteiger charge is 2.23. The monoisotopic (exact) mass is 443 g/mol. The lowest BCUT2D eigenvalue weighted by atomic mass is 9.89. The highest BCUT2D eigenvalue weighted by Crippen LogP contribution is 2.38. The fourth-order valence-electron chi connectivity index (χ4n) is 4.18. The van der Waals surface area contributed by atoms with E-state index in [4.69, 9.17) is 4.74 Å². The van der Waals surface area contributed by atoms with Crippen LogP contribution in [0.5, 0.6) is 5.75 Å². The van der Waals surface area contributed by atoms with Gasteiger partial charge in [-0.2, -0.15) is 0 Å². The van der Waals surface area contributed by atoms with Gasteiger partial charge in [0.2, 0.25) is 10.0 Å². The van der Waals surface area contributed by atoms with Crippen molar-refractivity contribution in [3.05, 3.63) is 47.4 Å². The van der Waals surface area contributed by atoms with Crippen LogP contribution in [0.25, 0.3) is 22.2 Å². The van der Waals surface area contributed by atoms with E-state index in [9.17, 15) is 13.6 Å². The number of anilines is 1. The SMILES string of the molecule is CCS(=O)(=O)Nc1ccc(O[C@H]2CC[C@H](C)CC2)c(-c2cc(C)[n+]([O-])c3[nH]ccc23)c1. The Labute approximate surface area is 183 Å². The number of rotatable bonds is 6. The molecule has 0 unspecified atom stereocenters. The van der Waals surface area contributed by atoms with Crippen LogP contribution in [0.15, 0.2) is 36.5 Å². The smallest absolute Gasteiger partial charge is 0.290 e. The number of aryl methyl sites for hydroxylation is 1. The number of H-pyrrole nitrogens is 1. The zero-order valence-electron chi connectivity index (χ0n) is 18.1. The van der Waals surface area contributed by atoms with Crippen molar-refractivity contribution in [2.45, 2.75) is 52.6 Å². The number of nitrogens with one attached hydrogen (secondary N) is 2. The third-order valence-electron chi connectivity index (χ3n) is 6.07. The van der Waals surface area contributed by atoms with E-state index in [-0.39, 0.29) is 11.9 Å². The van der Waals surface area contributed by atoms with Crippen molar-refractivity contribution in [3.8, 4) is 16.9 Å². The minimum atomic E-state index is -3.42. The van der Waals surface area contributed by atoms with Gasteiger partial charge in [0, 0.05) is 16.8 Å². The molecule has 0 radical (unpaired) electrons. The van der Waals surface area contributed by atoms with Crippen molar-refractivity contribution in [3.63, 3.8) is 0 Å². The minimum absolute atomic E-state index is 0.0104. The zero-order valence-corrected chi connectivity index (χ0v) is 19.0. The Morgan fingerprint density at radius 2 is 1.90 bits per heavy atom. The minimum Gasteiger partial charge on any atom is -0.710 e. The van der Waals surface area contributed by atoms with Crippen molar-refractivity contribution in [2.24, 2.45) is 5.92 Å². The van der Waals surface area contributed by atoms with Crippen molar-refractivity contribution in [2.75, 3.05) is 10.5 Å². The summed E-state index contributed by atoms with van der Waals surface area (Å²) in [5, 5.41) is 13.2. The molecular formula is C23H29N3O4S. The maximum absolute atomic E-state index is 12.5. The van der Waals surface area contributed by atoms with Crippen LogP contribution in [0, 0.1) is 18.0 Å². The molecule has 3 aromatic rings. The molecule has 1 saturated carbocycles. The van der Waals surface area contributed by atoms with Gasteiger partial charge in [-0.3, -0.25) is 4.72 Å². The number of aromatic nitrogens is 2. The lowest BCUT2D eigenvalue weighted by molar-refractivity contribution is -0.586. The molecule has 0 atom stereocenters. The Morgan fingerprint density at radius 1 is 1.16 bits per heavy atom. The van der Waals surface area contributed by atoms with Crippen molar-refractivity contribution in [1.82, 2.24) is 4.98 Å². The number of hydrogen-bond acceptors (Lipinski definition) is 4. The second kappa shape index (κ2) is 8.42. The Balaban J connectivity index is 1.81. The second-order valence-corrected chi connectivity index (χ2v) is 10.5. The van der Waals surface area contributed by atoms with Gasteiger partial charge in [-0.1, -0.05) is 6.92 Å². The van der Waals surface area contributed by atoms with Gasteiger partial charge in [0.25, 0.3) is 5.65 Å². The van der Waals surface area contributed by atoms with Crippen LogP contribution in [0.4, 0.5) is 5.69 Å². The van der Waals surface area contributed by atoms with Gasteiger partial charge in [-0.05, 0) is 75.8 Å². The third-order valence-corrected chi connectivity index (χ3v) is 7.38. The summed E-state index contributed by atoms with van der Waals surface area (Å²) in [5.41, 5.74) is 3.08. The van der Waals surface area contributed by atoms with Gasteiger partial charge in [0.05, 0.1) is 23.4 Å². The van der Waals surface area contributed by atoms with Crippen molar-refractivity contribution < 1.29 is 17.9 Å². The topological polar surface area (TPSA) is 98.1 Å². The van der Waals surface area contributed by atoms with Crippen molar-refractivity contribution >= 4 is 26.7 Å². The van der Waals surface area contributed by atoms with Crippen LogP contribution >= 0.6 is 0 Å². The van der Waals surface area contributed by atoms with Crippen LogP contribution in [0.2, 0.25) is 0 Å². The van der Waals surface area contributed by atoms with Crippen LogP contribution in [0.1, 0.15) is 45.2 Å². The van der Waals surface area contributed by atoms with E-state index < -0.39 is 10.0 Å². The van der Waals surface area contributed by atoms with Crippen LogP contribution in [-0.4, -0.2) is 25.3 Å². The first-order valence-corrected chi connectivity index (χ1v) is 12.4. The molecule has 0 aliphatic heterocycles. The summed E-state index contributed by atoms with van der Waals surface area (Å²) >= 11 is 0. The van der Waals surface area contributed by atoms with Crippen LogP contribution in [-0.2, 0) is 10.0 Å². The second-order valence-electron chi connectivity index (χ2n) is 8.45. The molecule has 1 fully saturated rings. The number of sulfonamides is 1. The fraction of sp³-hybridized carbons (Fsp3) is 0.435. The first-order valence-electron chi connectivity index (χ1n) is 10.8. The number of hydrogen-bond donors (Lipinski definition) is 2. The Kier molecular flexibility index (Phi) is 5.83. The standard InChI is InChI=1S/C23H29N3O4S/c1-4-31(28,29)25-17-7-10-22(30-18-8-5-15(2)6-9-18)21(14-17)20-13-16(3)26(27)23-19(20)11-12-24-23/h7,10-15,18,24-25H,4-6,8-9H2,1-3H3/t15-,18-. The van der Waals surface area contributed by atoms with Crippen molar-refractivity contribution in [1.29, 1.82) is 0 Å². The Morgan fingerprint density at radius 3 is 2.61 bits per heavy atom. The fourth-order valence-corrected chi connectivity index (χ4v) is 4.81. The predicted molar refractivity (Wildman–Crippen MR) is 123 cm³/mol. The molecule has 0 amide bonds. The first-order chi connectivity index (χ1) is 14.8. The van der Waals surface area contributed by atoms with E-state index >= 15 is 0 Å². The highest BCUT2D eigenvalue weighted by molar-refractivity contribution is 7.92. The van der Waals surface area contributed by atoms with Gasteiger partial charge in [-0.25, -0.2) is 18.1 Å². The average Bonchev–Trinajstić information content (AvgIpc) is 3.23. The number of ether oxygens (including phenoxy) is 1. The zero-order chi connectivity index (χ0) is 22.2. The van der Waals surface area contributed by atoms with Crippen LogP contribution in [0.3, 0.4) is 0 Å². The first kappa shape index (κ1) is 21.5. The molecule has 31 heavy (non-hydrogen) atoms. The number of benzene rings is 1. The van der Waals surface area contributed by atoms with Gasteiger partial charge in [-0.15, -0.1) is 0 Å². The Bertz CT molecular complexity index is 1190. The molecule has 1 aromatic carbocycles. The highest BCUT2D eigenvalue weighted by atomic mass is 32.2. The van der Waals surface area contributed by atoms with E-state index in [1.54, 1.807) is 32.2 Å². The van der Waals surface area contributed by atoms with Gasteiger partial charge in [0.15, 0.2) is 0 Å². The predicted octanol–water partition coefficient (Wildman–Crippen LogP) is 4.50. The molecule has 0 saturated heterocycles. The molecule has 166 valence electrons. The quantitative estimate of drug-likeness (QED) is 0.433. The number of pyridine rings is 1. The summed E-state index contributed by atoms with van der Waals surface area (Å²) in [6, 6.07) is 9.03. The molecule has 2 aromatic heterocycles. The summed E-state index contributed by atoms with van der Waals surface area (Å²) < 4.78 is 34.2. The average molecular weight is 444 g/mol. The molecule has 1 aliphatic carbocycles. The normalized spacial score (nSPS) is 19.5. The third kappa shape index (κ3) is 4.49. The molecule has 1 aliphatic rings. The molecule has 7 nitrogen and oxygen atoms in total. The number of fused-ring (bicyclic) bond motifs is 1. The molecule has 2 N–H and O–H groups in total. The molecule has 4 rings (SSSR count). The van der Waals surface area contributed by atoms with E-state index in [2.05, 4.69) is 16.6 Å². The Hall–Kier alpha value is -2.74. The lowest BCUT2D eigenvalue weighted by Crippen LogP contribution is -2.31. The van der Waals surface area contributed by atoms with Crippen LogP contribution < -0.4 is 14.2 Å². The van der Waals surface area contributed by atoms with E-state index in [1.807, 2.05) is 18.2 Å². The molecule has 2 heterocycles. The number of aromatic amines is 1. The maximum atomic E-state index is 12.5. The van der Waals surface area contributed by atoms with Gasteiger partial charge in [0.1, 0.15) is 11.4 Å². The maximum Gasteiger partial charge on any atom is 0.290 e. The summed E-state index contributed by atoms with van der Waals surface area (Å²) in [6.45, 7) is 5.62. The summed E-state index contributed by atoms with van der Waals surface area (Å²) in [7, 11) is -3.42. The van der Waals surface area contributed by atoms with E-state index in [0.29, 0.717) is 28.7 Å². The molecule has 0 spiro atoms. The molecular weight excluding hydrogens is 414 g/mol. The van der Waals surface area contributed by atoms with E-state index in [0.717, 1.165) is 46.9 Å². The molecule has 8 heteroatoms. The summed E-state index contributed by atoms with van der Waals surface area (Å²) in [4.78, 5) is 3.00. The lowest BCUT2D eigenvalue weighted by Gasteiger charge is -2.28. The largest absolute Gasteiger partial charge is 0.710 e. The summed E-state index contributed by atoms with van der Waals surface area (Å²) in [6.07, 6.45) is 6.13. The van der Waals surface area contributed by atoms with Gasteiger partial charge < -0.3 is 9.94 Å². The van der Waals surface area contributed by atoms with E-state index in [1.165, 1.54) is 0 Å². The van der Waals surface area contributed by atoms with Gasteiger partial charge >= 0.3 is 0 Å². The summed E-state index contributed by atoms with van der Waals surface area (Å²) in [5.74, 6) is 1.40. The molecule has 0 bridgehead atoms. The number of nitrogens with zero attached hydrogens (tertiary/aromatic N) is 1.